The number of anilines is 3. The lowest BCUT2D eigenvalue weighted by Gasteiger charge is -2.29. The molecule has 3 heterocycles. The van der Waals surface area contributed by atoms with Gasteiger partial charge in [0, 0.05) is 35.2 Å². The third kappa shape index (κ3) is 4.21. The van der Waals surface area contributed by atoms with E-state index < -0.39 is 23.3 Å². The van der Waals surface area contributed by atoms with E-state index in [1.807, 2.05) is 4.90 Å². The number of H-pyrrole nitrogens is 1. The van der Waals surface area contributed by atoms with Crippen LogP contribution in [0.25, 0.3) is 0 Å². The van der Waals surface area contributed by atoms with Gasteiger partial charge in [-0.25, -0.2) is 0 Å². The van der Waals surface area contributed by atoms with Crippen molar-refractivity contribution in [3.63, 3.8) is 0 Å². The highest BCUT2D eigenvalue weighted by atomic mass is 35.5. The van der Waals surface area contributed by atoms with Crippen molar-refractivity contribution in [1.29, 1.82) is 0 Å². The second-order valence-corrected chi connectivity index (χ2v) is 7.58. The fraction of sp³-hybridized carbons (Fsp3) is 0.333. The molecule has 0 radical (unpaired) electrons. The minimum atomic E-state index is -0.994. The SMILES string of the molecule is O=C1CC(C(=O)Nc2cc(Cl)cc(Cl)c2)c2c(nc(N3CCOCC3)[nH]c2=O)N1. The van der Waals surface area contributed by atoms with E-state index in [0.29, 0.717) is 48.0 Å². The molecule has 2 aromatic rings. The van der Waals surface area contributed by atoms with Crippen LogP contribution >= 0.6 is 23.2 Å². The first-order valence-corrected chi connectivity index (χ1v) is 9.70. The molecule has 2 aliphatic rings. The Hall–Kier alpha value is -2.62. The zero-order valence-electron chi connectivity index (χ0n) is 15.1. The molecule has 1 atom stereocenters. The van der Waals surface area contributed by atoms with E-state index in [1.54, 1.807) is 0 Å². The second kappa shape index (κ2) is 8.02. The lowest BCUT2D eigenvalue weighted by molar-refractivity contribution is -0.123. The van der Waals surface area contributed by atoms with Crippen LogP contribution in [0.5, 0.6) is 0 Å². The maximum Gasteiger partial charge on any atom is 0.258 e. The van der Waals surface area contributed by atoms with Crippen molar-refractivity contribution in [2.24, 2.45) is 0 Å². The number of halogens is 2. The van der Waals surface area contributed by atoms with Crippen LogP contribution in [0.2, 0.25) is 10.0 Å². The maximum absolute atomic E-state index is 12.9. The zero-order chi connectivity index (χ0) is 20.5. The molecule has 2 amide bonds. The van der Waals surface area contributed by atoms with Gasteiger partial charge in [-0.3, -0.25) is 19.4 Å². The summed E-state index contributed by atoms with van der Waals surface area (Å²) in [5, 5.41) is 5.96. The van der Waals surface area contributed by atoms with Crippen LogP contribution in [0.1, 0.15) is 17.9 Å². The quantitative estimate of drug-likeness (QED) is 0.675. The van der Waals surface area contributed by atoms with Gasteiger partial charge in [-0.05, 0) is 18.2 Å². The largest absolute Gasteiger partial charge is 0.378 e. The molecule has 1 aromatic heterocycles. The van der Waals surface area contributed by atoms with Crippen molar-refractivity contribution >= 4 is 52.5 Å². The summed E-state index contributed by atoms with van der Waals surface area (Å²) in [6.45, 7) is 2.16. The summed E-state index contributed by atoms with van der Waals surface area (Å²) in [4.78, 5) is 46.8. The Kier molecular flexibility index (Phi) is 5.44. The number of fused-ring (bicyclic) bond motifs is 1. The standard InChI is InChI=1S/C18H17Cl2N5O4/c19-9-5-10(20)7-11(6-9)21-16(27)12-8-13(26)22-15-14(12)17(28)24-18(23-15)25-1-3-29-4-2-25/h5-7,12H,1-4,8H2,(H,21,27)(H2,22,23,24,26,28). The summed E-state index contributed by atoms with van der Waals surface area (Å²) < 4.78 is 5.30. The van der Waals surface area contributed by atoms with E-state index in [1.165, 1.54) is 18.2 Å². The molecule has 1 saturated heterocycles. The number of aromatic amines is 1. The molecule has 9 nitrogen and oxygen atoms in total. The third-order valence-corrected chi connectivity index (χ3v) is 5.13. The second-order valence-electron chi connectivity index (χ2n) is 6.70. The predicted octanol–water partition coefficient (Wildman–Crippen LogP) is 1.98. The monoisotopic (exact) mass is 437 g/mol. The number of aromatic nitrogens is 2. The Morgan fingerprint density at radius 3 is 2.55 bits per heavy atom. The number of morpholine rings is 1. The van der Waals surface area contributed by atoms with Crippen molar-refractivity contribution in [1.82, 2.24) is 9.97 Å². The number of nitrogens with one attached hydrogen (secondary N) is 3. The smallest absolute Gasteiger partial charge is 0.258 e. The molecule has 0 aliphatic carbocycles. The average molecular weight is 438 g/mol. The summed E-state index contributed by atoms with van der Waals surface area (Å²) in [6.07, 6.45) is -0.172. The van der Waals surface area contributed by atoms with Crippen LogP contribution in [-0.2, 0) is 14.3 Å². The Labute approximate surface area is 175 Å². The summed E-state index contributed by atoms with van der Waals surface area (Å²) in [5.74, 6) is -1.49. The third-order valence-electron chi connectivity index (χ3n) is 4.70. The van der Waals surface area contributed by atoms with Crippen LogP contribution in [0, 0.1) is 0 Å². The number of amides is 2. The van der Waals surface area contributed by atoms with E-state index in [4.69, 9.17) is 27.9 Å². The normalized spacial score (nSPS) is 18.8. The van der Waals surface area contributed by atoms with Gasteiger partial charge in [-0.15, -0.1) is 0 Å². The molecule has 0 spiro atoms. The molecule has 1 aromatic carbocycles. The number of hydrogen-bond acceptors (Lipinski definition) is 6. The Bertz CT molecular complexity index is 1020. The Morgan fingerprint density at radius 2 is 1.86 bits per heavy atom. The average Bonchev–Trinajstić information content (AvgIpc) is 2.66. The molecule has 29 heavy (non-hydrogen) atoms. The van der Waals surface area contributed by atoms with E-state index in [9.17, 15) is 14.4 Å². The van der Waals surface area contributed by atoms with Crippen LogP contribution in [0.3, 0.4) is 0 Å². The topological polar surface area (TPSA) is 116 Å². The molecule has 152 valence electrons. The molecule has 0 saturated carbocycles. The fourth-order valence-electron chi connectivity index (χ4n) is 3.36. The highest BCUT2D eigenvalue weighted by Gasteiger charge is 2.35. The van der Waals surface area contributed by atoms with Gasteiger partial charge in [0.2, 0.25) is 17.8 Å². The summed E-state index contributed by atoms with van der Waals surface area (Å²) in [6, 6.07) is 4.59. The minimum absolute atomic E-state index is 0.0933. The molecule has 2 aliphatic heterocycles. The van der Waals surface area contributed by atoms with Gasteiger partial charge in [0.15, 0.2) is 0 Å². The van der Waals surface area contributed by atoms with Crippen LogP contribution in [0.15, 0.2) is 23.0 Å². The van der Waals surface area contributed by atoms with Crippen LogP contribution < -0.4 is 21.1 Å². The van der Waals surface area contributed by atoms with E-state index in [0.717, 1.165) is 0 Å². The van der Waals surface area contributed by atoms with Crippen LogP contribution in [-0.4, -0.2) is 48.1 Å². The molecule has 11 heteroatoms. The number of benzene rings is 1. The first-order chi connectivity index (χ1) is 13.9. The van der Waals surface area contributed by atoms with Gasteiger partial charge in [0.25, 0.3) is 5.56 Å². The lowest BCUT2D eigenvalue weighted by atomic mass is 9.92. The predicted molar refractivity (Wildman–Crippen MR) is 109 cm³/mol. The summed E-state index contributed by atoms with van der Waals surface area (Å²) in [5.41, 5.74) is 0.0161. The van der Waals surface area contributed by atoms with Crippen molar-refractivity contribution < 1.29 is 14.3 Å². The molecular weight excluding hydrogens is 421 g/mol. The molecule has 3 N–H and O–H groups in total. The van der Waals surface area contributed by atoms with Crippen molar-refractivity contribution in [2.75, 3.05) is 41.8 Å². The maximum atomic E-state index is 12.9. The molecule has 4 rings (SSSR count). The Balaban J connectivity index is 1.65. The number of rotatable bonds is 3. The van der Waals surface area contributed by atoms with Gasteiger partial charge in [0.1, 0.15) is 5.82 Å². The van der Waals surface area contributed by atoms with Gasteiger partial charge < -0.3 is 20.3 Å². The van der Waals surface area contributed by atoms with Gasteiger partial charge >= 0.3 is 0 Å². The highest BCUT2D eigenvalue weighted by Crippen LogP contribution is 2.31. The number of nitrogens with zero attached hydrogens (tertiary/aromatic N) is 2. The van der Waals surface area contributed by atoms with Gasteiger partial charge in [0.05, 0.1) is 24.7 Å². The minimum Gasteiger partial charge on any atom is -0.378 e. The number of ether oxygens (including phenoxy) is 1. The summed E-state index contributed by atoms with van der Waals surface area (Å²) >= 11 is 11.9. The first kappa shape index (κ1) is 19.7. The van der Waals surface area contributed by atoms with E-state index in [2.05, 4.69) is 20.6 Å². The molecule has 0 bridgehead atoms. The summed E-state index contributed by atoms with van der Waals surface area (Å²) in [7, 11) is 0. The van der Waals surface area contributed by atoms with Gasteiger partial charge in [-0.1, -0.05) is 23.2 Å². The van der Waals surface area contributed by atoms with E-state index in [-0.39, 0.29) is 17.8 Å². The number of hydrogen-bond donors (Lipinski definition) is 3. The highest BCUT2D eigenvalue weighted by molar-refractivity contribution is 6.35. The molecular formula is C18H17Cl2N5O4. The zero-order valence-corrected chi connectivity index (χ0v) is 16.6. The number of carbonyl (C=O) groups excluding carboxylic acids is 2. The molecule has 1 fully saturated rings. The first-order valence-electron chi connectivity index (χ1n) is 8.94. The van der Waals surface area contributed by atoms with Crippen LogP contribution in [0.4, 0.5) is 17.5 Å². The van der Waals surface area contributed by atoms with Crippen molar-refractivity contribution in [3.8, 4) is 0 Å². The van der Waals surface area contributed by atoms with Crippen molar-refractivity contribution in [3.05, 3.63) is 44.2 Å². The fourth-order valence-corrected chi connectivity index (χ4v) is 3.89. The van der Waals surface area contributed by atoms with E-state index >= 15 is 0 Å². The van der Waals surface area contributed by atoms with Gasteiger partial charge in [-0.2, -0.15) is 4.98 Å². The number of carbonyl (C=O) groups is 2. The Morgan fingerprint density at radius 1 is 1.17 bits per heavy atom. The molecule has 1 unspecified atom stereocenters. The lowest BCUT2D eigenvalue weighted by Crippen LogP contribution is -2.41. The van der Waals surface area contributed by atoms with Crippen molar-refractivity contribution in [2.45, 2.75) is 12.3 Å².